The van der Waals surface area contributed by atoms with E-state index in [0.29, 0.717) is 0 Å². The van der Waals surface area contributed by atoms with Gasteiger partial charge < -0.3 is 0 Å². The van der Waals surface area contributed by atoms with Gasteiger partial charge >= 0.3 is 0 Å². The van der Waals surface area contributed by atoms with Gasteiger partial charge in [0.25, 0.3) is 0 Å². The van der Waals surface area contributed by atoms with E-state index in [0.717, 1.165) is 0 Å². The second kappa shape index (κ2) is 17.6. The summed E-state index contributed by atoms with van der Waals surface area (Å²) in [6, 6.07) is 0. The Morgan fingerprint density at radius 1 is 1.00 bits per heavy atom. The summed E-state index contributed by atoms with van der Waals surface area (Å²) in [5.74, 6) is 0. The molecule has 0 aliphatic rings. The molecule has 0 saturated carbocycles. The van der Waals surface area contributed by atoms with Gasteiger partial charge in [-0.3, -0.25) is 0 Å². The van der Waals surface area contributed by atoms with Crippen molar-refractivity contribution in [2.45, 2.75) is 0 Å². The Balaban J connectivity index is 0. The van der Waals surface area contributed by atoms with Crippen molar-refractivity contribution in [3.05, 3.63) is 0 Å². The van der Waals surface area contributed by atoms with Gasteiger partial charge in [-0.05, 0) is 7.85 Å². The van der Waals surface area contributed by atoms with Gasteiger partial charge in [-0.2, -0.15) is 0 Å². The zero-order chi connectivity index (χ0) is 5.41. The Morgan fingerprint density at radius 3 is 1.00 bits per heavy atom. The molecule has 0 unspecified atom stereocenters. The second-order valence-corrected chi connectivity index (χ2v) is 1.46. The molecular weight excluding hydrogens is 302 g/mol. The quantitative estimate of drug-likeness (QED) is 0.474. The fraction of sp³-hybridized carbons (Fsp3) is 0. The van der Waals surface area contributed by atoms with E-state index in [1.165, 1.54) is 0 Å². The topological polar surface area (TPSA) is 0 Å². The third kappa shape index (κ3) is 174. The normalized spacial score (nSPS) is 2.67. The van der Waals surface area contributed by atoms with Crippen molar-refractivity contribution in [1.29, 1.82) is 0 Å². The van der Waals surface area contributed by atoms with E-state index in [1.54, 1.807) is 0 Å². The molecule has 0 saturated heterocycles. The Hall–Kier alpha value is 0.580. The standard InChI is InChI=1S/2C2HI/c2*1-2-3/h2*1H. The van der Waals surface area contributed by atoms with Gasteiger partial charge in [0.15, 0.2) is 0 Å². The van der Waals surface area contributed by atoms with E-state index < -0.39 is 0 Å². The lowest BCUT2D eigenvalue weighted by Gasteiger charge is -1.18. The first-order valence-electron chi connectivity index (χ1n) is 0.955. The summed E-state index contributed by atoms with van der Waals surface area (Å²) in [5, 5.41) is 0. The van der Waals surface area contributed by atoms with Gasteiger partial charge in [0.05, 0.1) is 0 Å². The van der Waals surface area contributed by atoms with Crippen LogP contribution in [0.1, 0.15) is 0 Å². The van der Waals surface area contributed by atoms with Crippen LogP contribution < -0.4 is 0 Å². The van der Waals surface area contributed by atoms with Crippen LogP contribution in [0.3, 0.4) is 0 Å². The smallest absolute Gasteiger partial charge is 0.0178 e. The molecule has 6 heavy (non-hydrogen) atoms. The van der Waals surface area contributed by atoms with Crippen molar-refractivity contribution >= 4 is 45.2 Å². The zero-order valence-electron chi connectivity index (χ0n) is 2.91. The van der Waals surface area contributed by atoms with Gasteiger partial charge in [0.1, 0.15) is 0 Å². The molecule has 0 aliphatic heterocycles. The van der Waals surface area contributed by atoms with Crippen LogP contribution in [0.2, 0.25) is 0 Å². The Morgan fingerprint density at radius 2 is 1.00 bits per heavy atom. The molecule has 0 rings (SSSR count). The second-order valence-electron chi connectivity index (χ2n) is 0.218. The molecule has 0 amide bonds. The summed E-state index contributed by atoms with van der Waals surface area (Å²) in [4.78, 5) is 0. The SMILES string of the molecule is C#CI.C#CI. The molecule has 0 fully saturated rings. The highest BCUT2D eigenvalue weighted by Crippen LogP contribution is 1.61. The van der Waals surface area contributed by atoms with Crippen molar-refractivity contribution in [2.24, 2.45) is 0 Å². The summed E-state index contributed by atoms with van der Waals surface area (Å²) < 4.78 is 4.44. The number of hydrogen-bond acceptors (Lipinski definition) is 0. The summed E-state index contributed by atoms with van der Waals surface area (Å²) in [6.07, 6.45) is 9.17. The molecule has 0 aromatic rings. The lowest BCUT2D eigenvalue weighted by molar-refractivity contribution is 3.26. The van der Waals surface area contributed by atoms with E-state index >= 15 is 0 Å². The minimum atomic E-state index is 1.82. The first-order chi connectivity index (χ1) is 2.83. The summed E-state index contributed by atoms with van der Waals surface area (Å²) >= 11 is 3.63. The van der Waals surface area contributed by atoms with Crippen molar-refractivity contribution < 1.29 is 0 Å². The zero-order valence-corrected chi connectivity index (χ0v) is 7.23. The van der Waals surface area contributed by atoms with E-state index in [1.807, 2.05) is 45.2 Å². The summed E-state index contributed by atoms with van der Waals surface area (Å²) in [6.45, 7) is 0. The maximum atomic E-state index is 4.58. The largest absolute Gasteiger partial charge is 0.109 e. The molecule has 0 aliphatic carbocycles. The molecule has 0 N–H and O–H groups in total. The molecule has 2 heteroatoms. The van der Waals surface area contributed by atoms with Crippen molar-refractivity contribution in [2.75, 3.05) is 0 Å². The van der Waals surface area contributed by atoms with Crippen molar-refractivity contribution in [3.63, 3.8) is 0 Å². The molecular formula is C4H2I2. The van der Waals surface area contributed by atoms with Gasteiger partial charge in [-0.25, -0.2) is 0 Å². The number of terminal acetylenes is 2. The van der Waals surface area contributed by atoms with E-state index in [2.05, 4.69) is 20.7 Å². The minimum absolute atomic E-state index is 1.82. The van der Waals surface area contributed by atoms with Crippen LogP contribution in [-0.4, -0.2) is 0 Å². The molecule has 0 spiro atoms. The number of hydrogen-bond donors (Lipinski definition) is 0. The summed E-state index contributed by atoms with van der Waals surface area (Å²) in [7, 11) is 0. The number of rotatable bonds is 0. The Labute approximate surface area is 65.4 Å². The number of halogens is 2. The van der Waals surface area contributed by atoms with Gasteiger partial charge in [0.2, 0.25) is 0 Å². The first kappa shape index (κ1) is 9.77. The van der Waals surface area contributed by atoms with Gasteiger partial charge in [-0.1, -0.05) is 0 Å². The van der Waals surface area contributed by atoms with Crippen LogP contribution in [0.4, 0.5) is 0 Å². The van der Waals surface area contributed by atoms with Crippen molar-refractivity contribution in [3.8, 4) is 20.7 Å². The molecule has 0 nitrogen and oxygen atoms in total. The van der Waals surface area contributed by atoms with Crippen LogP contribution in [0.5, 0.6) is 0 Å². The minimum Gasteiger partial charge on any atom is -0.109 e. The van der Waals surface area contributed by atoms with Gasteiger partial charge in [-0.15, -0.1) is 12.8 Å². The van der Waals surface area contributed by atoms with E-state index in [-0.39, 0.29) is 0 Å². The maximum Gasteiger partial charge on any atom is 0.0178 e. The first-order valence-corrected chi connectivity index (χ1v) is 3.11. The lowest BCUT2D eigenvalue weighted by atomic mass is 11.4. The Bertz CT molecular complexity index is 60.5. The fourth-order valence-corrected chi connectivity index (χ4v) is 0. The highest BCUT2D eigenvalue weighted by Gasteiger charge is 1.14. The fourth-order valence-electron chi connectivity index (χ4n) is 0. The van der Waals surface area contributed by atoms with Crippen LogP contribution in [0.25, 0.3) is 0 Å². The molecule has 0 aromatic carbocycles. The predicted molar refractivity (Wildman–Crippen MR) is 45.7 cm³/mol. The third-order valence-corrected chi connectivity index (χ3v) is 0. The van der Waals surface area contributed by atoms with E-state index in [9.17, 15) is 0 Å². The van der Waals surface area contributed by atoms with Crippen molar-refractivity contribution in [1.82, 2.24) is 0 Å². The van der Waals surface area contributed by atoms with Crippen LogP contribution in [0, 0.1) is 20.7 Å². The third-order valence-electron chi connectivity index (χ3n) is 0. The molecule has 0 bridgehead atoms. The van der Waals surface area contributed by atoms with Crippen LogP contribution in [0.15, 0.2) is 0 Å². The monoisotopic (exact) mass is 304 g/mol. The predicted octanol–water partition coefficient (Wildman–Crippen LogP) is 2.02. The van der Waals surface area contributed by atoms with E-state index in [4.69, 9.17) is 0 Å². The maximum absolute atomic E-state index is 4.58. The molecule has 32 valence electrons. The molecule has 0 heterocycles. The average Bonchev–Trinajstić information content (AvgIpc) is 1.39. The van der Waals surface area contributed by atoms with Crippen LogP contribution in [-0.2, 0) is 0 Å². The molecule has 0 atom stereocenters. The summed E-state index contributed by atoms with van der Waals surface area (Å²) in [5.41, 5.74) is 0. The molecule has 0 aromatic heterocycles. The average molecular weight is 304 g/mol. The van der Waals surface area contributed by atoms with Gasteiger partial charge in [0, 0.05) is 45.2 Å². The lowest BCUT2D eigenvalue weighted by Crippen LogP contribution is -0.916. The highest BCUT2D eigenvalue weighted by molar-refractivity contribution is 14.1. The highest BCUT2D eigenvalue weighted by atomic mass is 127. The van der Waals surface area contributed by atoms with Crippen LogP contribution >= 0.6 is 45.2 Å². The Kier molecular flexibility index (Phi) is 28.6. The molecule has 0 radical (unpaired) electrons.